The zero-order chi connectivity index (χ0) is 15.4. The molecule has 1 aliphatic rings. The molecule has 0 saturated carbocycles. The summed E-state index contributed by atoms with van der Waals surface area (Å²) in [5, 5.41) is 19.1. The Morgan fingerprint density at radius 1 is 1.57 bits per heavy atom. The summed E-state index contributed by atoms with van der Waals surface area (Å²) < 4.78 is 5.35. The van der Waals surface area contributed by atoms with E-state index in [0.29, 0.717) is 29.4 Å². The van der Waals surface area contributed by atoms with Gasteiger partial charge in [0.05, 0.1) is 30.5 Å². The van der Waals surface area contributed by atoms with Crippen LogP contribution in [0.25, 0.3) is 0 Å². The van der Waals surface area contributed by atoms with Gasteiger partial charge in [-0.15, -0.1) is 0 Å². The van der Waals surface area contributed by atoms with Gasteiger partial charge in [0, 0.05) is 11.6 Å². The van der Waals surface area contributed by atoms with Gasteiger partial charge < -0.3 is 14.7 Å². The number of nitriles is 1. The lowest BCUT2D eigenvalue weighted by Crippen LogP contribution is -2.44. The zero-order valence-corrected chi connectivity index (χ0v) is 12.5. The van der Waals surface area contributed by atoms with Crippen molar-refractivity contribution in [2.24, 2.45) is 5.92 Å². The normalized spacial score (nSPS) is 21.0. The Balaban J connectivity index is 2.40. The van der Waals surface area contributed by atoms with Crippen molar-refractivity contribution in [3.63, 3.8) is 0 Å². The van der Waals surface area contributed by atoms with E-state index >= 15 is 0 Å². The molecule has 0 amide bonds. The molecule has 0 spiro atoms. The molecule has 1 N–H and O–H groups in total. The minimum Gasteiger partial charge on any atom is -0.481 e. The zero-order valence-electron chi connectivity index (χ0n) is 11.8. The fraction of sp³-hybridized carbons (Fsp3) is 0.467. The van der Waals surface area contributed by atoms with Gasteiger partial charge in [0.2, 0.25) is 0 Å². The van der Waals surface area contributed by atoms with Crippen LogP contribution in [0.1, 0.15) is 18.9 Å². The molecule has 2 unspecified atom stereocenters. The van der Waals surface area contributed by atoms with Gasteiger partial charge in [-0.25, -0.2) is 0 Å². The number of nitrogens with zero attached hydrogens (tertiary/aromatic N) is 2. The monoisotopic (exact) mass is 308 g/mol. The highest BCUT2D eigenvalue weighted by Crippen LogP contribution is 2.30. The second-order valence-corrected chi connectivity index (χ2v) is 5.45. The number of benzene rings is 1. The molecule has 6 heteroatoms. The van der Waals surface area contributed by atoms with Crippen molar-refractivity contribution in [2.45, 2.75) is 19.4 Å². The van der Waals surface area contributed by atoms with E-state index in [0.717, 1.165) is 6.42 Å². The van der Waals surface area contributed by atoms with E-state index in [4.69, 9.17) is 16.3 Å². The second kappa shape index (κ2) is 6.79. The Morgan fingerprint density at radius 2 is 2.33 bits per heavy atom. The summed E-state index contributed by atoms with van der Waals surface area (Å²) in [4.78, 5) is 13.3. The molecule has 0 radical (unpaired) electrons. The topological polar surface area (TPSA) is 73.6 Å². The molecule has 0 aliphatic carbocycles. The van der Waals surface area contributed by atoms with Crippen LogP contribution in [-0.2, 0) is 9.53 Å². The van der Waals surface area contributed by atoms with E-state index < -0.39 is 11.9 Å². The molecule has 2 rings (SSSR count). The minimum atomic E-state index is -0.869. The fourth-order valence-corrected chi connectivity index (χ4v) is 2.81. The van der Waals surface area contributed by atoms with E-state index in [1.165, 1.54) is 0 Å². The Bertz CT molecular complexity index is 571. The average Bonchev–Trinajstić information content (AvgIpc) is 2.94. The number of ether oxygens (including phenoxy) is 1. The van der Waals surface area contributed by atoms with Gasteiger partial charge in [0.1, 0.15) is 12.0 Å². The Kier molecular flexibility index (Phi) is 5.05. The molecule has 1 saturated heterocycles. The predicted octanol–water partition coefficient (Wildman–Crippen LogP) is 2.53. The van der Waals surface area contributed by atoms with Gasteiger partial charge in [-0.1, -0.05) is 18.5 Å². The highest BCUT2D eigenvalue weighted by molar-refractivity contribution is 6.30. The van der Waals surface area contributed by atoms with E-state index in [2.05, 4.69) is 6.07 Å². The van der Waals surface area contributed by atoms with Crippen LogP contribution in [0.15, 0.2) is 18.2 Å². The lowest BCUT2D eigenvalue weighted by molar-refractivity contribution is -0.141. The third-order valence-electron chi connectivity index (χ3n) is 3.62. The summed E-state index contributed by atoms with van der Waals surface area (Å²) in [6.45, 7) is 3.23. The Hall–Kier alpha value is -1.77. The number of carbonyl (C=O) groups is 1. The van der Waals surface area contributed by atoms with Crippen LogP contribution in [0.3, 0.4) is 0 Å². The highest BCUT2D eigenvalue weighted by atomic mass is 35.5. The molecule has 0 bridgehead atoms. The lowest BCUT2D eigenvalue weighted by atomic mass is 10.00. The van der Waals surface area contributed by atoms with E-state index in [9.17, 15) is 15.2 Å². The lowest BCUT2D eigenvalue weighted by Gasteiger charge is -2.33. The van der Waals surface area contributed by atoms with E-state index in [1.807, 2.05) is 11.8 Å². The van der Waals surface area contributed by atoms with Crippen molar-refractivity contribution >= 4 is 23.3 Å². The van der Waals surface area contributed by atoms with Crippen LogP contribution >= 0.6 is 11.6 Å². The number of rotatable bonds is 5. The number of carboxylic acids is 1. The van der Waals surface area contributed by atoms with Crippen molar-refractivity contribution in [1.29, 1.82) is 5.26 Å². The largest absolute Gasteiger partial charge is 0.481 e. The van der Waals surface area contributed by atoms with Crippen LogP contribution < -0.4 is 4.90 Å². The average molecular weight is 309 g/mol. The summed E-state index contributed by atoms with van der Waals surface area (Å²) >= 11 is 5.93. The second-order valence-electron chi connectivity index (χ2n) is 5.02. The molecular formula is C15H17ClN2O3. The summed E-state index contributed by atoms with van der Waals surface area (Å²) in [6, 6.07) is 6.95. The molecule has 1 aliphatic heterocycles. The van der Waals surface area contributed by atoms with Gasteiger partial charge in [0.25, 0.3) is 0 Å². The minimum absolute atomic E-state index is 0.204. The Morgan fingerprint density at radius 3 is 2.95 bits per heavy atom. The molecule has 21 heavy (non-hydrogen) atoms. The van der Waals surface area contributed by atoms with Crippen LogP contribution in [0.2, 0.25) is 5.02 Å². The van der Waals surface area contributed by atoms with Crippen LogP contribution in [-0.4, -0.2) is 36.9 Å². The number of hydrogen-bond donors (Lipinski definition) is 1. The summed E-state index contributed by atoms with van der Waals surface area (Å²) in [5.74, 6) is -1.45. The molecule has 112 valence electrons. The number of carboxylic acid groups (broad SMARTS) is 1. The first-order valence-electron chi connectivity index (χ1n) is 6.85. The SMILES string of the molecule is CCCN(c1ccc(Cl)cc1C#N)C1COCC1C(=O)O. The van der Waals surface area contributed by atoms with Gasteiger partial charge in [-0.2, -0.15) is 5.26 Å². The molecule has 5 nitrogen and oxygen atoms in total. The molecule has 1 aromatic carbocycles. The van der Waals surface area contributed by atoms with Crippen molar-refractivity contribution in [3.05, 3.63) is 28.8 Å². The maximum absolute atomic E-state index is 11.4. The maximum Gasteiger partial charge on any atom is 0.311 e. The van der Waals surface area contributed by atoms with Crippen LogP contribution in [0.4, 0.5) is 5.69 Å². The number of halogens is 1. The van der Waals surface area contributed by atoms with Crippen LogP contribution in [0.5, 0.6) is 0 Å². The standard InChI is InChI=1S/C15H17ClN2O3/c1-2-5-18(14-9-21-8-12(14)15(19)20)13-4-3-11(16)6-10(13)7-17/h3-4,6,12,14H,2,5,8-9H2,1H3,(H,19,20). The molecular weight excluding hydrogens is 292 g/mol. The number of hydrogen-bond acceptors (Lipinski definition) is 4. The van der Waals surface area contributed by atoms with Crippen LogP contribution in [0, 0.1) is 17.2 Å². The molecule has 0 aromatic heterocycles. The summed E-state index contributed by atoms with van der Waals surface area (Å²) in [7, 11) is 0. The first-order valence-corrected chi connectivity index (χ1v) is 7.23. The van der Waals surface area contributed by atoms with Crippen molar-refractivity contribution in [3.8, 4) is 6.07 Å². The fourth-order valence-electron chi connectivity index (χ4n) is 2.64. The third kappa shape index (κ3) is 3.29. The Labute approximate surface area is 128 Å². The van der Waals surface area contributed by atoms with Gasteiger partial charge in [-0.05, 0) is 24.6 Å². The quantitative estimate of drug-likeness (QED) is 0.905. The smallest absolute Gasteiger partial charge is 0.311 e. The highest BCUT2D eigenvalue weighted by Gasteiger charge is 2.38. The maximum atomic E-state index is 11.4. The molecule has 1 fully saturated rings. The van der Waals surface area contributed by atoms with E-state index in [1.54, 1.807) is 18.2 Å². The van der Waals surface area contributed by atoms with Crippen molar-refractivity contribution < 1.29 is 14.6 Å². The third-order valence-corrected chi connectivity index (χ3v) is 3.86. The van der Waals surface area contributed by atoms with Gasteiger partial charge in [0.15, 0.2) is 0 Å². The summed E-state index contributed by atoms with van der Waals surface area (Å²) in [5.41, 5.74) is 1.16. The van der Waals surface area contributed by atoms with E-state index in [-0.39, 0.29) is 12.6 Å². The molecule has 1 heterocycles. The van der Waals surface area contributed by atoms with Crippen molar-refractivity contribution in [2.75, 3.05) is 24.7 Å². The van der Waals surface area contributed by atoms with Gasteiger partial charge >= 0.3 is 5.97 Å². The predicted molar refractivity (Wildman–Crippen MR) is 79.5 cm³/mol. The first-order chi connectivity index (χ1) is 10.1. The first kappa shape index (κ1) is 15.6. The number of anilines is 1. The summed E-state index contributed by atoms with van der Waals surface area (Å²) in [6.07, 6.45) is 0.844. The van der Waals surface area contributed by atoms with Gasteiger partial charge in [-0.3, -0.25) is 4.79 Å². The molecule has 2 atom stereocenters. The number of aliphatic carboxylic acids is 1. The van der Waals surface area contributed by atoms with Crippen molar-refractivity contribution in [1.82, 2.24) is 0 Å². The molecule has 1 aromatic rings.